The Morgan fingerprint density at radius 2 is 1.62 bits per heavy atom. The molecular formula is C28H31N5O. The van der Waals surface area contributed by atoms with Crippen molar-refractivity contribution in [2.24, 2.45) is 5.92 Å². The van der Waals surface area contributed by atoms with Crippen molar-refractivity contribution in [1.82, 2.24) is 14.6 Å². The van der Waals surface area contributed by atoms with Crippen molar-refractivity contribution in [1.29, 1.82) is 0 Å². The largest absolute Gasteiger partial charge is 0.356 e. The van der Waals surface area contributed by atoms with E-state index in [-0.39, 0.29) is 11.8 Å². The van der Waals surface area contributed by atoms with Crippen molar-refractivity contribution in [2.75, 3.05) is 23.3 Å². The molecule has 0 aliphatic carbocycles. The summed E-state index contributed by atoms with van der Waals surface area (Å²) in [5.41, 5.74) is 8.19. The molecule has 2 aromatic heterocycles. The Kier molecular flexibility index (Phi) is 5.82. The molecule has 0 unspecified atom stereocenters. The number of hydrogen-bond acceptors (Lipinski definition) is 4. The standard InChI is InChI=1S/C28H31N5O/c1-18-8-10-22(11-9-18)24-17-25-29-21(4)16-26(33(25)31-24)32-14-12-23(13-15-32)28(34)30-27-19(2)6-5-7-20(27)3/h5-11,16-17,23H,12-15H2,1-4H3,(H,30,34). The molecule has 1 amide bonds. The number of amides is 1. The molecule has 1 fully saturated rings. The van der Waals surface area contributed by atoms with Crippen LogP contribution in [0.4, 0.5) is 11.5 Å². The number of piperidine rings is 1. The third-order valence-corrected chi connectivity index (χ3v) is 6.80. The fourth-order valence-corrected chi connectivity index (χ4v) is 4.78. The van der Waals surface area contributed by atoms with Gasteiger partial charge in [-0.1, -0.05) is 48.0 Å². The maximum atomic E-state index is 13.0. The Morgan fingerprint density at radius 1 is 0.941 bits per heavy atom. The zero-order chi connectivity index (χ0) is 23.8. The zero-order valence-corrected chi connectivity index (χ0v) is 20.3. The summed E-state index contributed by atoms with van der Waals surface area (Å²) in [6, 6.07) is 18.7. The second-order valence-electron chi connectivity index (χ2n) is 9.44. The minimum absolute atomic E-state index is 0.00872. The molecular weight excluding hydrogens is 422 g/mol. The van der Waals surface area contributed by atoms with E-state index in [0.717, 1.165) is 71.2 Å². The first-order chi connectivity index (χ1) is 16.4. The number of anilines is 2. The number of fused-ring (bicyclic) bond motifs is 1. The van der Waals surface area contributed by atoms with Gasteiger partial charge in [0, 0.05) is 48.1 Å². The lowest BCUT2D eigenvalue weighted by Crippen LogP contribution is -2.39. The molecule has 0 radical (unpaired) electrons. The minimum atomic E-state index is 0.00872. The molecule has 34 heavy (non-hydrogen) atoms. The lowest BCUT2D eigenvalue weighted by atomic mass is 9.95. The molecule has 0 spiro atoms. The number of rotatable bonds is 4. The van der Waals surface area contributed by atoms with Crippen LogP contribution in [0.3, 0.4) is 0 Å². The van der Waals surface area contributed by atoms with Crippen LogP contribution in [0, 0.1) is 33.6 Å². The van der Waals surface area contributed by atoms with E-state index >= 15 is 0 Å². The average Bonchev–Trinajstić information content (AvgIpc) is 3.25. The summed E-state index contributed by atoms with van der Waals surface area (Å²) in [5, 5.41) is 8.07. The maximum absolute atomic E-state index is 13.0. The van der Waals surface area contributed by atoms with Gasteiger partial charge in [0.25, 0.3) is 0 Å². The number of carbonyl (C=O) groups is 1. The molecule has 1 aliphatic rings. The Balaban J connectivity index is 1.34. The third kappa shape index (κ3) is 4.28. The molecule has 1 saturated heterocycles. The Bertz CT molecular complexity index is 1330. The van der Waals surface area contributed by atoms with Gasteiger partial charge in [-0.3, -0.25) is 4.79 Å². The normalized spacial score (nSPS) is 14.5. The minimum Gasteiger partial charge on any atom is -0.356 e. The molecule has 1 aliphatic heterocycles. The van der Waals surface area contributed by atoms with E-state index in [9.17, 15) is 4.79 Å². The first-order valence-electron chi connectivity index (χ1n) is 12.0. The van der Waals surface area contributed by atoms with Crippen LogP contribution in [0.2, 0.25) is 0 Å². The highest BCUT2D eigenvalue weighted by Gasteiger charge is 2.27. The summed E-state index contributed by atoms with van der Waals surface area (Å²) in [6.45, 7) is 9.80. The Hall–Kier alpha value is -3.67. The van der Waals surface area contributed by atoms with Crippen LogP contribution < -0.4 is 10.2 Å². The number of para-hydroxylation sites is 1. The highest BCUT2D eigenvalue weighted by Crippen LogP contribution is 2.28. The van der Waals surface area contributed by atoms with Crippen molar-refractivity contribution in [2.45, 2.75) is 40.5 Å². The van der Waals surface area contributed by atoms with Crippen molar-refractivity contribution < 1.29 is 4.79 Å². The lowest BCUT2D eigenvalue weighted by Gasteiger charge is -2.33. The van der Waals surface area contributed by atoms with Crippen LogP contribution in [-0.4, -0.2) is 33.6 Å². The molecule has 3 heterocycles. The lowest BCUT2D eigenvalue weighted by molar-refractivity contribution is -0.120. The Morgan fingerprint density at radius 3 is 2.29 bits per heavy atom. The Labute approximate surface area is 200 Å². The van der Waals surface area contributed by atoms with Gasteiger partial charge >= 0.3 is 0 Å². The smallest absolute Gasteiger partial charge is 0.227 e. The number of benzene rings is 2. The van der Waals surface area contributed by atoms with Crippen LogP contribution in [0.1, 0.15) is 35.2 Å². The number of hydrogen-bond donors (Lipinski definition) is 1. The second-order valence-corrected chi connectivity index (χ2v) is 9.44. The van der Waals surface area contributed by atoms with Gasteiger partial charge in [0.1, 0.15) is 5.82 Å². The van der Waals surface area contributed by atoms with Gasteiger partial charge in [-0.2, -0.15) is 9.61 Å². The van der Waals surface area contributed by atoms with Crippen LogP contribution >= 0.6 is 0 Å². The maximum Gasteiger partial charge on any atom is 0.227 e. The van der Waals surface area contributed by atoms with Gasteiger partial charge in [0.15, 0.2) is 5.65 Å². The van der Waals surface area contributed by atoms with Crippen LogP contribution in [0.5, 0.6) is 0 Å². The summed E-state index contributed by atoms with van der Waals surface area (Å²) in [7, 11) is 0. The third-order valence-electron chi connectivity index (χ3n) is 6.80. The summed E-state index contributed by atoms with van der Waals surface area (Å²) in [4.78, 5) is 20.0. The van der Waals surface area contributed by atoms with E-state index in [0.29, 0.717) is 0 Å². The van der Waals surface area contributed by atoms with Crippen LogP contribution in [0.15, 0.2) is 54.6 Å². The van der Waals surface area contributed by atoms with E-state index < -0.39 is 0 Å². The number of carbonyl (C=O) groups excluding carboxylic acids is 1. The van der Waals surface area contributed by atoms with E-state index in [2.05, 4.69) is 47.5 Å². The summed E-state index contributed by atoms with van der Waals surface area (Å²) in [6.07, 6.45) is 1.62. The van der Waals surface area contributed by atoms with Gasteiger partial charge in [-0.15, -0.1) is 0 Å². The van der Waals surface area contributed by atoms with E-state index in [1.165, 1.54) is 5.56 Å². The summed E-state index contributed by atoms with van der Waals surface area (Å²) >= 11 is 0. The molecule has 174 valence electrons. The fourth-order valence-electron chi connectivity index (χ4n) is 4.78. The molecule has 2 aromatic carbocycles. The van der Waals surface area contributed by atoms with Gasteiger partial charge in [0.05, 0.1) is 5.69 Å². The van der Waals surface area contributed by atoms with Crippen molar-refractivity contribution in [3.63, 3.8) is 0 Å². The second kappa shape index (κ2) is 8.93. The monoisotopic (exact) mass is 453 g/mol. The number of nitrogens with zero attached hydrogens (tertiary/aromatic N) is 4. The predicted molar refractivity (Wildman–Crippen MR) is 137 cm³/mol. The quantitative estimate of drug-likeness (QED) is 0.444. The zero-order valence-electron chi connectivity index (χ0n) is 20.3. The first-order valence-corrected chi connectivity index (χ1v) is 12.0. The molecule has 6 heteroatoms. The molecule has 0 saturated carbocycles. The van der Waals surface area contributed by atoms with Crippen molar-refractivity contribution in [3.05, 3.63) is 77.0 Å². The van der Waals surface area contributed by atoms with E-state index in [1.54, 1.807) is 0 Å². The average molecular weight is 454 g/mol. The highest BCUT2D eigenvalue weighted by molar-refractivity contribution is 5.94. The van der Waals surface area contributed by atoms with E-state index in [1.807, 2.05) is 49.6 Å². The molecule has 0 atom stereocenters. The topological polar surface area (TPSA) is 62.5 Å². The van der Waals surface area contributed by atoms with Crippen molar-refractivity contribution >= 4 is 23.1 Å². The first kappa shape index (κ1) is 22.1. The van der Waals surface area contributed by atoms with Gasteiger partial charge in [0.2, 0.25) is 5.91 Å². The van der Waals surface area contributed by atoms with Gasteiger partial charge in [-0.25, -0.2) is 4.98 Å². The molecule has 6 nitrogen and oxygen atoms in total. The summed E-state index contributed by atoms with van der Waals surface area (Å²) in [5.74, 6) is 1.16. The van der Waals surface area contributed by atoms with Gasteiger partial charge < -0.3 is 10.2 Å². The number of nitrogens with one attached hydrogen (secondary N) is 1. The van der Waals surface area contributed by atoms with Crippen molar-refractivity contribution in [3.8, 4) is 11.3 Å². The predicted octanol–water partition coefficient (Wildman–Crippen LogP) is 5.49. The number of aromatic nitrogens is 3. The van der Waals surface area contributed by atoms with E-state index in [4.69, 9.17) is 10.1 Å². The number of aryl methyl sites for hydroxylation is 4. The summed E-state index contributed by atoms with van der Waals surface area (Å²) < 4.78 is 1.94. The highest BCUT2D eigenvalue weighted by atomic mass is 16.1. The molecule has 4 aromatic rings. The molecule has 0 bridgehead atoms. The van der Waals surface area contributed by atoms with Gasteiger partial charge in [-0.05, 0) is 51.7 Å². The fraction of sp³-hybridized carbons (Fsp3) is 0.321. The van der Waals surface area contributed by atoms with Crippen LogP contribution in [-0.2, 0) is 4.79 Å². The van der Waals surface area contributed by atoms with Crippen LogP contribution in [0.25, 0.3) is 16.9 Å². The molecule has 5 rings (SSSR count). The SMILES string of the molecule is Cc1ccc(-c2cc3nc(C)cc(N4CCC(C(=O)Nc5c(C)cccc5C)CC4)n3n2)cc1. The molecule has 1 N–H and O–H groups in total.